The first kappa shape index (κ1) is 23.6. The second-order valence-electron chi connectivity index (χ2n) is 6.31. The first-order chi connectivity index (χ1) is 13.6. The first-order valence-corrected chi connectivity index (χ1v) is 8.71. The number of amides is 4. The van der Waals surface area contributed by atoms with Crippen molar-refractivity contribution in [3.05, 3.63) is 18.2 Å². The number of hydrogen-bond donors (Lipinski definition) is 7. The van der Waals surface area contributed by atoms with Crippen molar-refractivity contribution in [1.29, 1.82) is 0 Å². The van der Waals surface area contributed by atoms with Gasteiger partial charge >= 0.3 is 5.97 Å². The lowest BCUT2D eigenvalue weighted by Crippen LogP contribution is -2.54. The molecule has 0 fully saturated rings. The highest BCUT2D eigenvalue weighted by Gasteiger charge is 2.27. The van der Waals surface area contributed by atoms with Gasteiger partial charge in [0.15, 0.2) is 0 Å². The number of carbonyl (C=O) groups is 5. The number of hydrogen-bond acceptors (Lipinski definition) is 7. The van der Waals surface area contributed by atoms with E-state index in [1.54, 1.807) is 0 Å². The number of H-pyrrole nitrogens is 1. The summed E-state index contributed by atoms with van der Waals surface area (Å²) in [4.78, 5) is 64.9. The van der Waals surface area contributed by atoms with Crippen LogP contribution in [0.4, 0.5) is 0 Å². The van der Waals surface area contributed by atoms with E-state index >= 15 is 0 Å². The normalized spacial score (nSPS) is 13.6. The Morgan fingerprint density at radius 3 is 2.38 bits per heavy atom. The third-order valence-corrected chi connectivity index (χ3v) is 3.76. The van der Waals surface area contributed by atoms with Crippen LogP contribution in [0, 0.1) is 0 Å². The zero-order chi connectivity index (χ0) is 22.0. The van der Waals surface area contributed by atoms with Crippen molar-refractivity contribution in [3.8, 4) is 0 Å². The van der Waals surface area contributed by atoms with Gasteiger partial charge in [-0.1, -0.05) is 0 Å². The summed E-state index contributed by atoms with van der Waals surface area (Å²) in [5, 5.41) is 16.2. The molecule has 1 aromatic rings. The summed E-state index contributed by atoms with van der Waals surface area (Å²) in [5.74, 6) is -4.08. The summed E-state index contributed by atoms with van der Waals surface area (Å²) >= 11 is 0. The molecule has 1 aromatic heterocycles. The average molecular weight is 411 g/mol. The van der Waals surface area contributed by atoms with Crippen molar-refractivity contribution in [1.82, 2.24) is 25.9 Å². The number of nitrogens with two attached hydrogens (primary N) is 2. The van der Waals surface area contributed by atoms with Gasteiger partial charge in [0, 0.05) is 24.7 Å². The predicted octanol–water partition coefficient (Wildman–Crippen LogP) is -3.26. The second-order valence-corrected chi connectivity index (χ2v) is 6.31. The molecule has 0 saturated heterocycles. The monoisotopic (exact) mass is 411 g/mol. The number of nitrogens with one attached hydrogen (secondary N) is 4. The van der Waals surface area contributed by atoms with E-state index in [9.17, 15) is 29.1 Å². The molecule has 0 radical (unpaired) electrons. The molecular weight excluding hydrogens is 386 g/mol. The Hall–Kier alpha value is -3.48. The van der Waals surface area contributed by atoms with Gasteiger partial charge in [-0.15, -0.1) is 0 Å². The molecule has 3 unspecified atom stereocenters. The van der Waals surface area contributed by atoms with Gasteiger partial charge in [-0.05, 0) is 13.3 Å². The number of carboxylic acids is 1. The molecule has 9 N–H and O–H groups in total. The molecule has 0 aliphatic rings. The van der Waals surface area contributed by atoms with Crippen LogP contribution in [0.2, 0.25) is 0 Å². The molecule has 0 bridgehead atoms. The Morgan fingerprint density at radius 2 is 1.86 bits per heavy atom. The van der Waals surface area contributed by atoms with Gasteiger partial charge in [0.25, 0.3) is 0 Å². The SMILES string of the molecule is CC(N)C(=O)NCC(=O)NC(Cc1cnc[nH]1)C(=O)NC(CCC(N)=O)C(=O)O. The standard InChI is InChI=1S/C16H25N7O6/c1-8(17)14(26)20-6-13(25)22-11(4-9-5-19-7-21-9)15(27)23-10(16(28)29)2-3-12(18)24/h5,7-8,10-11H,2-4,6,17H2,1H3,(H2,18,24)(H,19,21)(H,20,26)(H,22,25)(H,23,27)(H,28,29). The van der Waals surface area contributed by atoms with Crippen molar-refractivity contribution in [2.45, 2.75) is 44.3 Å². The number of carbonyl (C=O) groups excluding carboxylic acids is 4. The quantitative estimate of drug-likeness (QED) is 0.184. The molecule has 0 aromatic carbocycles. The number of aromatic amines is 1. The number of aliphatic carboxylic acids is 1. The van der Waals surface area contributed by atoms with Crippen LogP contribution in [-0.4, -0.2) is 69.3 Å². The fraction of sp³-hybridized carbons (Fsp3) is 0.500. The molecule has 13 heteroatoms. The van der Waals surface area contributed by atoms with Crippen molar-refractivity contribution >= 4 is 29.6 Å². The van der Waals surface area contributed by atoms with E-state index in [0.717, 1.165) is 0 Å². The van der Waals surface area contributed by atoms with Gasteiger partial charge < -0.3 is 37.5 Å². The van der Waals surface area contributed by atoms with Crippen LogP contribution in [0.1, 0.15) is 25.5 Å². The average Bonchev–Trinajstić information content (AvgIpc) is 3.14. The second kappa shape index (κ2) is 11.4. The fourth-order valence-corrected chi connectivity index (χ4v) is 2.22. The minimum absolute atomic E-state index is 0.0129. The highest BCUT2D eigenvalue weighted by atomic mass is 16.4. The minimum atomic E-state index is -1.37. The molecule has 13 nitrogen and oxygen atoms in total. The van der Waals surface area contributed by atoms with Gasteiger partial charge in [-0.3, -0.25) is 19.2 Å². The first-order valence-electron chi connectivity index (χ1n) is 8.71. The number of nitrogens with zero attached hydrogens (tertiary/aromatic N) is 1. The Bertz CT molecular complexity index is 734. The molecule has 1 rings (SSSR count). The van der Waals surface area contributed by atoms with Gasteiger partial charge in [0.05, 0.1) is 18.9 Å². The highest BCUT2D eigenvalue weighted by molar-refractivity contribution is 5.92. The predicted molar refractivity (Wildman–Crippen MR) is 98.9 cm³/mol. The summed E-state index contributed by atoms with van der Waals surface area (Å²) < 4.78 is 0. The van der Waals surface area contributed by atoms with Gasteiger partial charge in [-0.2, -0.15) is 0 Å². The van der Waals surface area contributed by atoms with Crippen molar-refractivity contribution < 1.29 is 29.1 Å². The topological polar surface area (TPSA) is 222 Å². The molecule has 29 heavy (non-hydrogen) atoms. The van der Waals surface area contributed by atoms with E-state index < -0.39 is 54.3 Å². The lowest BCUT2D eigenvalue weighted by atomic mass is 10.1. The minimum Gasteiger partial charge on any atom is -0.480 e. The van der Waals surface area contributed by atoms with E-state index in [1.807, 2.05) is 0 Å². The van der Waals surface area contributed by atoms with Crippen LogP contribution < -0.4 is 27.4 Å². The zero-order valence-corrected chi connectivity index (χ0v) is 15.8. The van der Waals surface area contributed by atoms with Gasteiger partial charge in [0.1, 0.15) is 12.1 Å². The molecule has 1 heterocycles. The number of primary amides is 1. The molecular formula is C16H25N7O6. The van der Waals surface area contributed by atoms with Gasteiger partial charge in [-0.25, -0.2) is 9.78 Å². The molecule has 0 aliphatic heterocycles. The molecule has 0 aliphatic carbocycles. The van der Waals surface area contributed by atoms with Crippen LogP contribution >= 0.6 is 0 Å². The van der Waals surface area contributed by atoms with Crippen LogP contribution in [0.5, 0.6) is 0 Å². The maximum Gasteiger partial charge on any atom is 0.326 e. The van der Waals surface area contributed by atoms with E-state index in [0.29, 0.717) is 5.69 Å². The van der Waals surface area contributed by atoms with Crippen molar-refractivity contribution in [2.75, 3.05) is 6.54 Å². The maximum absolute atomic E-state index is 12.6. The molecule has 3 atom stereocenters. The van der Waals surface area contributed by atoms with Crippen LogP contribution in [0.3, 0.4) is 0 Å². The summed E-state index contributed by atoms with van der Waals surface area (Å²) in [6.45, 7) is 1.02. The van der Waals surface area contributed by atoms with Crippen molar-refractivity contribution in [3.63, 3.8) is 0 Å². The van der Waals surface area contributed by atoms with E-state index in [2.05, 4.69) is 25.9 Å². The number of imidazole rings is 1. The maximum atomic E-state index is 12.6. The lowest BCUT2D eigenvalue weighted by Gasteiger charge is -2.21. The molecule has 160 valence electrons. The number of rotatable bonds is 12. The smallest absolute Gasteiger partial charge is 0.326 e. The third kappa shape index (κ3) is 8.83. The lowest BCUT2D eigenvalue weighted by molar-refractivity contribution is -0.142. The van der Waals surface area contributed by atoms with E-state index in [4.69, 9.17) is 11.5 Å². The Kier molecular flexibility index (Phi) is 9.25. The summed E-state index contributed by atoms with van der Waals surface area (Å²) in [7, 11) is 0. The third-order valence-electron chi connectivity index (χ3n) is 3.76. The molecule has 0 saturated carbocycles. The number of carboxylic acid groups (broad SMARTS) is 1. The fourth-order valence-electron chi connectivity index (χ4n) is 2.22. The van der Waals surface area contributed by atoms with Gasteiger partial charge in [0.2, 0.25) is 23.6 Å². The van der Waals surface area contributed by atoms with Crippen LogP contribution in [0.25, 0.3) is 0 Å². The molecule has 4 amide bonds. The Labute approximate surface area is 166 Å². The molecule has 0 spiro atoms. The highest BCUT2D eigenvalue weighted by Crippen LogP contribution is 2.03. The Morgan fingerprint density at radius 1 is 1.17 bits per heavy atom. The Balaban J connectivity index is 2.80. The van der Waals surface area contributed by atoms with E-state index in [1.165, 1.54) is 19.4 Å². The van der Waals surface area contributed by atoms with Crippen molar-refractivity contribution in [2.24, 2.45) is 11.5 Å². The van der Waals surface area contributed by atoms with E-state index in [-0.39, 0.29) is 19.3 Å². The summed E-state index contributed by atoms with van der Waals surface area (Å²) in [6.07, 6.45) is 2.36. The largest absolute Gasteiger partial charge is 0.480 e. The van der Waals surface area contributed by atoms with Crippen LogP contribution in [0.15, 0.2) is 12.5 Å². The number of aromatic nitrogens is 2. The zero-order valence-electron chi connectivity index (χ0n) is 15.8. The summed E-state index contributed by atoms with van der Waals surface area (Å²) in [6, 6.07) is -3.34. The van der Waals surface area contributed by atoms with Crippen LogP contribution in [-0.2, 0) is 30.4 Å². The summed E-state index contributed by atoms with van der Waals surface area (Å²) in [5.41, 5.74) is 10.9.